The summed E-state index contributed by atoms with van der Waals surface area (Å²) in [5, 5.41) is 2.89. The lowest BCUT2D eigenvalue weighted by molar-refractivity contribution is -0.134. The van der Waals surface area contributed by atoms with Crippen LogP contribution in [0, 0.1) is 12.8 Å². The van der Waals surface area contributed by atoms with Crippen molar-refractivity contribution in [1.29, 1.82) is 0 Å². The second-order valence-corrected chi connectivity index (χ2v) is 5.68. The van der Waals surface area contributed by atoms with E-state index >= 15 is 0 Å². The van der Waals surface area contributed by atoms with Gasteiger partial charge in [-0.1, -0.05) is 6.92 Å². The summed E-state index contributed by atoms with van der Waals surface area (Å²) in [5.41, 5.74) is 1.71. The summed E-state index contributed by atoms with van der Waals surface area (Å²) in [7, 11) is 0. The second kappa shape index (κ2) is 4.89. The van der Waals surface area contributed by atoms with E-state index in [0.29, 0.717) is 12.3 Å². The highest BCUT2D eigenvalue weighted by Crippen LogP contribution is 2.36. The van der Waals surface area contributed by atoms with Gasteiger partial charge < -0.3 is 5.32 Å². The van der Waals surface area contributed by atoms with Crippen LogP contribution >= 0.6 is 0 Å². The number of pyridine rings is 1. The van der Waals surface area contributed by atoms with E-state index in [1.165, 1.54) is 0 Å². The topological polar surface area (TPSA) is 62.3 Å². The Morgan fingerprint density at radius 2 is 2.10 bits per heavy atom. The smallest absolute Gasteiger partial charge is 0.250 e. The third-order valence-corrected chi connectivity index (χ3v) is 4.03. The van der Waals surface area contributed by atoms with Gasteiger partial charge in [-0.3, -0.25) is 19.5 Å². The van der Waals surface area contributed by atoms with Crippen molar-refractivity contribution in [2.24, 2.45) is 5.92 Å². The van der Waals surface area contributed by atoms with Crippen LogP contribution in [-0.4, -0.2) is 28.9 Å². The highest BCUT2D eigenvalue weighted by Gasteiger charge is 2.46. The number of hydrogen-bond donors (Lipinski definition) is 1. The SMILES string of the molecule is CCC1C(=O)NC(C2CC2)C(=O)N1c1cncc(C)c1. The first kappa shape index (κ1) is 13.1. The maximum Gasteiger partial charge on any atom is 0.250 e. The molecule has 0 aromatic carbocycles. The highest BCUT2D eigenvalue weighted by atomic mass is 16.2. The number of anilines is 1. The number of nitrogens with zero attached hydrogens (tertiary/aromatic N) is 2. The van der Waals surface area contributed by atoms with E-state index in [2.05, 4.69) is 10.3 Å². The zero-order valence-electron chi connectivity index (χ0n) is 11.8. The Hall–Kier alpha value is -1.91. The number of amides is 2. The van der Waals surface area contributed by atoms with E-state index < -0.39 is 6.04 Å². The molecular formula is C15H19N3O2. The first-order chi connectivity index (χ1) is 9.61. The predicted octanol–water partition coefficient (Wildman–Crippen LogP) is 1.41. The molecule has 0 bridgehead atoms. The molecule has 20 heavy (non-hydrogen) atoms. The summed E-state index contributed by atoms with van der Waals surface area (Å²) in [6, 6.07) is 1.13. The van der Waals surface area contributed by atoms with Crippen LogP contribution in [0.3, 0.4) is 0 Å². The van der Waals surface area contributed by atoms with Crippen molar-refractivity contribution in [3.8, 4) is 0 Å². The van der Waals surface area contributed by atoms with Crippen molar-refractivity contribution in [3.63, 3.8) is 0 Å². The molecule has 5 heteroatoms. The Labute approximate surface area is 118 Å². The first-order valence-electron chi connectivity index (χ1n) is 7.17. The number of carbonyl (C=O) groups excluding carboxylic acids is 2. The lowest BCUT2D eigenvalue weighted by Crippen LogP contribution is -2.64. The lowest BCUT2D eigenvalue weighted by Gasteiger charge is -2.38. The molecular weight excluding hydrogens is 254 g/mol. The predicted molar refractivity (Wildman–Crippen MR) is 75.2 cm³/mol. The summed E-state index contributed by atoms with van der Waals surface area (Å²) < 4.78 is 0. The van der Waals surface area contributed by atoms with Crippen LogP contribution in [0.5, 0.6) is 0 Å². The Morgan fingerprint density at radius 3 is 2.70 bits per heavy atom. The van der Waals surface area contributed by atoms with Crippen molar-refractivity contribution in [3.05, 3.63) is 24.0 Å². The van der Waals surface area contributed by atoms with Crippen molar-refractivity contribution in [1.82, 2.24) is 10.3 Å². The van der Waals surface area contributed by atoms with Crippen LogP contribution in [0.4, 0.5) is 5.69 Å². The molecule has 2 unspecified atom stereocenters. The average Bonchev–Trinajstić information content (AvgIpc) is 3.24. The standard InChI is InChI=1S/C15H19N3O2/c1-3-12-14(19)17-13(10-4-5-10)15(20)18(12)11-6-9(2)7-16-8-11/h6-8,10,12-13H,3-5H2,1-2H3,(H,17,19). The molecule has 2 aliphatic rings. The van der Waals surface area contributed by atoms with Crippen LogP contribution in [0.1, 0.15) is 31.7 Å². The fourth-order valence-corrected chi connectivity index (χ4v) is 2.83. The maximum atomic E-state index is 12.7. The van der Waals surface area contributed by atoms with Gasteiger partial charge >= 0.3 is 0 Å². The molecule has 1 saturated carbocycles. The summed E-state index contributed by atoms with van der Waals surface area (Å²) in [5.74, 6) is 0.265. The molecule has 1 N–H and O–H groups in total. The number of piperazine rings is 1. The molecule has 106 valence electrons. The summed E-state index contributed by atoms with van der Waals surface area (Å²) in [4.78, 5) is 30.8. The number of rotatable bonds is 3. The Morgan fingerprint density at radius 1 is 1.35 bits per heavy atom. The Kier molecular flexibility index (Phi) is 3.20. The minimum absolute atomic E-state index is 0.00588. The van der Waals surface area contributed by atoms with Gasteiger partial charge in [0.2, 0.25) is 5.91 Å². The molecule has 1 saturated heterocycles. The summed E-state index contributed by atoms with van der Waals surface area (Å²) in [6.45, 7) is 3.86. The molecule has 1 aromatic heterocycles. The van der Waals surface area contributed by atoms with Crippen molar-refractivity contribution in [2.45, 2.75) is 45.2 Å². The minimum atomic E-state index is -0.430. The largest absolute Gasteiger partial charge is 0.342 e. The van der Waals surface area contributed by atoms with Gasteiger partial charge in [0, 0.05) is 6.20 Å². The zero-order valence-corrected chi connectivity index (χ0v) is 11.8. The van der Waals surface area contributed by atoms with Gasteiger partial charge in [-0.25, -0.2) is 0 Å². The van der Waals surface area contributed by atoms with E-state index in [0.717, 1.165) is 24.1 Å². The molecule has 1 aliphatic heterocycles. The molecule has 2 amide bonds. The number of nitrogens with one attached hydrogen (secondary N) is 1. The van der Waals surface area contributed by atoms with Crippen LogP contribution in [0.25, 0.3) is 0 Å². The van der Waals surface area contributed by atoms with E-state index in [-0.39, 0.29) is 17.9 Å². The van der Waals surface area contributed by atoms with E-state index in [4.69, 9.17) is 0 Å². The van der Waals surface area contributed by atoms with Crippen LogP contribution in [-0.2, 0) is 9.59 Å². The molecule has 5 nitrogen and oxygen atoms in total. The van der Waals surface area contributed by atoms with Gasteiger partial charge in [0.05, 0.1) is 11.9 Å². The molecule has 1 aromatic rings. The zero-order chi connectivity index (χ0) is 14.3. The number of aromatic nitrogens is 1. The quantitative estimate of drug-likeness (QED) is 0.905. The Balaban J connectivity index is 1.98. The van der Waals surface area contributed by atoms with Crippen molar-refractivity contribution < 1.29 is 9.59 Å². The molecule has 0 spiro atoms. The third kappa shape index (κ3) is 2.17. The van der Waals surface area contributed by atoms with Gasteiger partial charge in [-0.2, -0.15) is 0 Å². The summed E-state index contributed by atoms with van der Waals surface area (Å²) in [6.07, 6.45) is 6.05. The second-order valence-electron chi connectivity index (χ2n) is 5.68. The number of aryl methyl sites for hydroxylation is 1. The molecule has 0 radical (unpaired) electrons. The normalized spacial score (nSPS) is 26.6. The van der Waals surface area contributed by atoms with Crippen LogP contribution in [0.2, 0.25) is 0 Å². The van der Waals surface area contributed by atoms with Gasteiger partial charge in [-0.15, -0.1) is 0 Å². The third-order valence-electron chi connectivity index (χ3n) is 4.03. The molecule has 3 rings (SSSR count). The first-order valence-corrected chi connectivity index (χ1v) is 7.17. The number of hydrogen-bond acceptors (Lipinski definition) is 3. The fourth-order valence-electron chi connectivity index (χ4n) is 2.83. The van der Waals surface area contributed by atoms with Gasteiger partial charge in [0.1, 0.15) is 12.1 Å². The van der Waals surface area contributed by atoms with E-state index in [9.17, 15) is 9.59 Å². The van der Waals surface area contributed by atoms with Gasteiger partial charge in [0.25, 0.3) is 5.91 Å². The van der Waals surface area contributed by atoms with E-state index in [1.807, 2.05) is 19.9 Å². The highest BCUT2D eigenvalue weighted by molar-refractivity contribution is 6.08. The van der Waals surface area contributed by atoms with Gasteiger partial charge in [-0.05, 0) is 43.7 Å². The molecule has 2 heterocycles. The molecule has 1 aliphatic carbocycles. The number of carbonyl (C=O) groups is 2. The van der Waals surface area contributed by atoms with Crippen LogP contribution in [0.15, 0.2) is 18.5 Å². The van der Waals surface area contributed by atoms with Crippen molar-refractivity contribution in [2.75, 3.05) is 4.90 Å². The lowest BCUT2D eigenvalue weighted by atomic mass is 10.0. The monoisotopic (exact) mass is 273 g/mol. The molecule has 2 atom stereocenters. The maximum absolute atomic E-state index is 12.7. The minimum Gasteiger partial charge on any atom is -0.342 e. The van der Waals surface area contributed by atoms with Crippen LogP contribution < -0.4 is 10.2 Å². The molecule has 2 fully saturated rings. The van der Waals surface area contributed by atoms with Crippen molar-refractivity contribution >= 4 is 17.5 Å². The average molecular weight is 273 g/mol. The van der Waals surface area contributed by atoms with Gasteiger partial charge in [0.15, 0.2) is 0 Å². The van der Waals surface area contributed by atoms with E-state index in [1.54, 1.807) is 17.3 Å². The fraction of sp³-hybridized carbons (Fsp3) is 0.533. The Bertz CT molecular complexity index is 554. The summed E-state index contributed by atoms with van der Waals surface area (Å²) >= 11 is 0.